The molecule has 0 saturated carbocycles. The quantitative estimate of drug-likeness (QED) is 0.478. The van der Waals surface area contributed by atoms with Gasteiger partial charge < -0.3 is 19.3 Å². The van der Waals surface area contributed by atoms with Gasteiger partial charge in [0.2, 0.25) is 6.79 Å². The third-order valence-corrected chi connectivity index (χ3v) is 5.96. The molecular weight excluding hydrogens is 416 g/mol. The summed E-state index contributed by atoms with van der Waals surface area (Å²) in [7, 11) is 0. The number of benzene rings is 2. The number of nitrogens with zero attached hydrogens (tertiary/aromatic N) is 2. The molecule has 0 aliphatic carbocycles. The summed E-state index contributed by atoms with van der Waals surface area (Å²) in [5.41, 5.74) is 2.58. The van der Waals surface area contributed by atoms with Gasteiger partial charge in [-0.3, -0.25) is 9.36 Å². The molecule has 158 valence electrons. The van der Waals surface area contributed by atoms with Gasteiger partial charge in [-0.05, 0) is 23.3 Å². The number of ether oxygens (including phenoxy) is 3. The molecule has 0 saturated heterocycles. The second kappa shape index (κ2) is 8.50. The molecule has 1 aliphatic rings. The highest BCUT2D eigenvalue weighted by atomic mass is 32.1. The lowest BCUT2D eigenvalue weighted by molar-refractivity contribution is 0.0198. The van der Waals surface area contributed by atoms with E-state index in [1.54, 1.807) is 0 Å². The Morgan fingerprint density at radius 1 is 1.16 bits per heavy atom. The van der Waals surface area contributed by atoms with Crippen LogP contribution in [0.25, 0.3) is 21.3 Å². The highest BCUT2D eigenvalue weighted by Gasteiger charge is 2.16. The first-order valence-corrected chi connectivity index (χ1v) is 10.7. The van der Waals surface area contributed by atoms with Crippen molar-refractivity contribution in [2.45, 2.75) is 19.3 Å². The number of hydrogen-bond acceptors (Lipinski definition) is 7. The topological polar surface area (TPSA) is 82.8 Å². The molecule has 3 heterocycles. The van der Waals surface area contributed by atoms with Crippen LogP contribution in [0.3, 0.4) is 0 Å². The van der Waals surface area contributed by atoms with E-state index in [0.717, 1.165) is 16.7 Å². The molecule has 1 atom stereocenters. The third-order valence-electron chi connectivity index (χ3n) is 5.07. The summed E-state index contributed by atoms with van der Waals surface area (Å²) < 4.78 is 17.7. The van der Waals surface area contributed by atoms with Crippen molar-refractivity contribution in [3.8, 4) is 22.6 Å². The van der Waals surface area contributed by atoms with Crippen LogP contribution in [0.15, 0.2) is 65.0 Å². The van der Waals surface area contributed by atoms with Gasteiger partial charge in [0.15, 0.2) is 11.5 Å². The van der Waals surface area contributed by atoms with Gasteiger partial charge in [-0.25, -0.2) is 4.98 Å². The van der Waals surface area contributed by atoms with Crippen molar-refractivity contribution < 1.29 is 19.3 Å². The van der Waals surface area contributed by atoms with Crippen LogP contribution in [0.1, 0.15) is 5.56 Å². The van der Waals surface area contributed by atoms with E-state index < -0.39 is 6.10 Å². The predicted molar refractivity (Wildman–Crippen MR) is 118 cm³/mol. The van der Waals surface area contributed by atoms with Crippen LogP contribution in [-0.2, 0) is 17.9 Å². The Morgan fingerprint density at radius 3 is 2.87 bits per heavy atom. The number of thiophene rings is 1. The number of hydrogen-bond donors (Lipinski definition) is 1. The molecular formula is C23H20N2O5S. The fraction of sp³-hybridized carbons (Fsp3) is 0.217. The fourth-order valence-electron chi connectivity index (χ4n) is 3.55. The van der Waals surface area contributed by atoms with Gasteiger partial charge in [0, 0.05) is 10.9 Å². The summed E-state index contributed by atoms with van der Waals surface area (Å²) in [5.74, 6) is 1.41. The molecule has 0 amide bonds. The van der Waals surface area contributed by atoms with Crippen molar-refractivity contribution in [2.75, 3.05) is 13.4 Å². The Hall–Kier alpha value is -3.20. The van der Waals surface area contributed by atoms with Gasteiger partial charge >= 0.3 is 0 Å². The monoisotopic (exact) mass is 436 g/mol. The second-order valence-electron chi connectivity index (χ2n) is 7.25. The van der Waals surface area contributed by atoms with E-state index in [0.29, 0.717) is 28.3 Å². The molecule has 0 fully saturated rings. The molecule has 31 heavy (non-hydrogen) atoms. The number of aliphatic hydroxyl groups excluding tert-OH is 1. The van der Waals surface area contributed by atoms with E-state index >= 15 is 0 Å². The highest BCUT2D eigenvalue weighted by Crippen LogP contribution is 2.33. The zero-order valence-corrected chi connectivity index (χ0v) is 17.4. The van der Waals surface area contributed by atoms with Gasteiger partial charge in [-0.2, -0.15) is 0 Å². The van der Waals surface area contributed by atoms with Crippen molar-refractivity contribution in [1.29, 1.82) is 0 Å². The molecule has 1 N–H and O–H groups in total. The summed E-state index contributed by atoms with van der Waals surface area (Å²) in [6, 6.07) is 15.3. The number of aliphatic hydroxyl groups is 1. The Balaban J connectivity index is 1.27. The SMILES string of the molecule is O=c1c2c(-c3ccccc3)csc2ncn1C[C@@H](O)COCc1ccc2c(c1)OCO2. The van der Waals surface area contributed by atoms with Gasteiger partial charge in [0.1, 0.15) is 4.83 Å². The molecule has 0 unspecified atom stereocenters. The third kappa shape index (κ3) is 4.05. The van der Waals surface area contributed by atoms with Crippen molar-refractivity contribution >= 4 is 21.6 Å². The first-order valence-electron chi connectivity index (χ1n) is 9.85. The van der Waals surface area contributed by atoms with E-state index in [4.69, 9.17) is 14.2 Å². The van der Waals surface area contributed by atoms with Crippen molar-refractivity contribution in [2.24, 2.45) is 0 Å². The van der Waals surface area contributed by atoms with E-state index in [-0.39, 0.29) is 25.5 Å². The summed E-state index contributed by atoms with van der Waals surface area (Å²) in [6.07, 6.45) is 0.640. The lowest BCUT2D eigenvalue weighted by atomic mass is 10.1. The maximum absolute atomic E-state index is 13.1. The van der Waals surface area contributed by atoms with Gasteiger partial charge in [-0.15, -0.1) is 11.3 Å². The second-order valence-corrected chi connectivity index (χ2v) is 8.11. The van der Waals surface area contributed by atoms with Gasteiger partial charge in [0.25, 0.3) is 5.56 Å². The average molecular weight is 436 g/mol. The molecule has 7 nitrogen and oxygen atoms in total. The molecule has 2 aromatic carbocycles. The summed E-state index contributed by atoms with van der Waals surface area (Å²) in [4.78, 5) is 18.2. The number of fused-ring (bicyclic) bond motifs is 2. The average Bonchev–Trinajstić information content (AvgIpc) is 3.43. The minimum Gasteiger partial charge on any atom is -0.454 e. The lowest BCUT2D eigenvalue weighted by Gasteiger charge is -2.13. The molecule has 2 aromatic heterocycles. The van der Waals surface area contributed by atoms with E-state index in [2.05, 4.69) is 4.98 Å². The van der Waals surface area contributed by atoms with E-state index in [1.807, 2.05) is 53.9 Å². The van der Waals surface area contributed by atoms with Crippen LogP contribution in [0.2, 0.25) is 0 Å². The molecule has 8 heteroatoms. The van der Waals surface area contributed by atoms with Crippen LogP contribution in [0.5, 0.6) is 11.5 Å². The maximum Gasteiger partial charge on any atom is 0.262 e. The van der Waals surface area contributed by atoms with Gasteiger partial charge in [0.05, 0.1) is 37.6 Å². The van der Waals surface area contributed by atoms with Crippen LogP contribution in [0, 0.1) is 0 Å². The number of rotatable bonds is 7. The van der Waals surface area contributed by atoms with Crippen molar-refractivity contribution in [3.63, 3.8) is 0 Å². The zero-order valence-electron chi connectivity index (χ0n) is 16.6. The zero-order chi connectivity index (χ0) is 21.2. The minimum absolute atomic E-state index is 0.0914. The van der Waals surface area contributed by atoms with Gasteiger partial charge in [-0.1, -0.05) is 36.4 Å². The largest absolute Gasteiger partial charge is 0.454 e. The van der Waals surface area contributed by atoms with Crippen LogP contribution in [0.4, 0.5) is 0 Å². The molecule has 5 rings (SSSR count). The van der Waals surface area contributed by atoms with E-state index in [1.165, 1.54) is 22.2 Å². The first kappa shape index (κ1) is 19.7. The smallest absolute Gasteiger partial charge is 0.262 e. The summed E-state index contributed by atoms with van der Waals surface area (Å²) in [6.45, 7) is 0.741. The fourth-order valence-corrected chi connectivity index (χ4v) is 4.46. The van der Waals surface area contributed by atoms with E-state index in [9.17, 15) is 9.90 Å². The summed E-state index contributed by atoms with van der Waals surface area (Å²) >= 11 is 1.44. The van der Waals surface area contributed by atoms with Crippen LogP contribution < -0.4 is 15.0 Å². The molecule has 0 spiro atoms. The Labute approximate surface area is 182 Å². The Kier molecular flexibility index (Phi) is 5.42. The standard InChI is InChI=1S/C23H20N2O5S/c26-17(11-28-10-15-6-7-19-20(8-15)30-14-29-19)9-25-13-24-22-21(23(25)27)18(12-31-22)16-4-2-1-3-5-16/h1-8,12-13,17,26H,9-11,14H2/t17-/m1/s1. The van der Waals surface area contributed by atoms with Crippen LogP contribution in [-0.4, -0.2) is 34.2 Å². The first-order chi connectivity index (χ1) is 15.2. The minimum atomic E-state index is -0.843. The molecule has 4 aromatic rings. The predicted octanol–water partition coefficient (Wildman–Crippen LogP) is 3.43. The molecule has 0 radical (unpaired) electrons. The normalized spacial score (nSPS) is 13.6. The molecule has 0 bridgehead atoms. The Morgan fingerprint density at radius 2 is 2.00 bits per heavy atom. The highest BCUT2D eigenvalue weighted by molar-refractivity contribution is 7.17. The maximum atomic E-state index is 13.1. The van der Waals surface area contributed by atoms with Crippen molar-refractivity contribution in [3.05, 3.63) is 76.2 Å². The lowest BCUT2D eigenvalue weighted by Crippen LogP contribution is -2.29. The Bertz CT molecular complexity index is 1270. The van der Waals surface area contributed by atoms with Crippen molar-refractivity contribution in [1.82, 2.24) is 9.55 Å². The summed E-state index contributed by atoms with van der Waals surface area (Å²) in [5, 5.41) is 12.9. The number of aromatic nitrogens is 2. The molecule has 1 aliphatic heterocycles. The van der Waals surface area contributed by atoms with Crippen LogP contribution >= 0.6 is 11.3 Å².